The number of carbonyl (C=O) groups is 2. The summed E-state index contributed by atoms with van der Waals surface area (Å²) < 4.78 is 5.21. The van der Waals surface area contributed by atoms with Gasteiger partial charge in [0.05, 0.1) is 0 Å². The van der Waals surface area contributed by atoms with Crippen molar-refractivity contribution in [1.29, 1.82) is 0 Å². The lowest BCUT2D eigenvalue weighted by Gasteiger charge is -2.09. The lowest BCUT2D eigenvalue weighted by atomic mass is 10.3. The van der Waals surface area contributed by atoms with Crippen LogP contribution in [0.1, 0.15) is 46.7 Å². The van der Waals surface area contributed by atoms with Crippen LogP contribution in [0.2, 0.25) is 5.28 Å². The van der Waals surface area contributed by atoms with Crippen molar-refractivity contribution in [2.24, 2.45) is 0 Å². The monoisotopic (exact) mass is 242 g/mol. The molecule has 6 heteroatoms. The zero-order valence-corrected chi connectivity index (χ0v) is 9.29. The number of ether oxygens (including phenoxy) is 1. The molecule has 0 aliphatic heterocycles. The van der Waals surface area contributed by atoms with Gasteiger partial charge in [-0.2, -0.15) is 0 Å². The van der Waals surface area contributed by atoms with Gasteiger partial charge in [-0.05, 0) is 37.3 Å². The summed E-state index contributed by atoms with van der Waals surface area (Å²) >= 11 is 5.57. The molecule has 0 bridgehead atoms. The molecular weight excluding hydrogens is 232 g/mol. The van der Waals surface area contributed by atoms with Crippen molar-refractivity contribution in [1.82, 2.24) is 9.97 Å². The molecule has 2 rings (SSSR count). The molecule has 1 saturated carbocycles. The fourth-order valence-electron chi connectivity index (χ4n) is 1.81. The first kappa shape index (κ1) is 11.1. The average molecular weight is 243 g/mol. The molecule has 0 spiro atoms. The maximum Gasteiger partial charge on any atom is 0.359 e. The number of H-pyrrole nitrogens is 1. The Hall–Kier alpha value is -1.36. The SMILES string of the molecule is O=Cc1[nH]c(Cl)nc1C(=O)OC1CCCC1. The zero-order valence-electron chi connectivity index (χ0n) is 8.53. The van der Waals surface area contributed by atoms with Crippen LogP contribution in [-0.2, 0) is 4.74 Å². The van der Waals surface area contributed by atoms with Gasteiger partial charge in [0.2, 0.25) is 5.28 Å². The van der Waals surface area contributed by atoms with Gasteiger partial charge in [0.25, 0.3) is 0 Å². The molecule has 1 heterocycles. The first-order valence-electron chi connectivity index (χ1n) is 5.12. The molecule has 0 unspecified atom stereocenters. The Morgan fingerprint density at radius 2 is 2.19 bits per heavy atom. The van der Waals surface area contributed by atoms with E-state index in [2.05, 4.69) is 9.97 Å². The molecule has 1 aromatic rings. The van der Waals surface area contributed by atoms with Gasteiger partial charge in [-0.3, -0.25) is 4.79 Å². The lowest BCUT2D eigenvalue weighted by Crippen LogP contribution is -2.16. The Bertz CT molecular complexity index is 410. The molecule has 86 valence electrons. The number of rotatable bonds is 3. The third-order valence-electron chi connectivity index (χ3n) is 2.59. The predicted molar refractivity (Wildman–Crippen MR) is 56.7 cm³/mol. The van der Waals surface area contributed by atoms with E-state index in [0.29, 0.717) is 6.29 Å². The highest BCUT2D eigenvalue weighted by molar-refractivity contribution is 6.28. The maximum absolute atomic E-state index is 11.7. The molecule has 0 amide bonds. The van der Waals surface area contributed by atoms with E-state index in [9.17, 15) is 9.59 Å². The highest BCUT2D eigenvalue weighted by atomic mass is 35.5. The number of nitrogens with zero attached hydrogens (tertiary/aromatic N) is 1. The molecule has 1 N–H and O–H groups in total. The number of aromatic amines is 1. The number of imidazole rings is 1. The summed E-state index contributed by atoms with van der Waals surface area (Å²) in [4.78, 5) is 28.5. The Morgan fingerprint density at radius 3 is 2.81 bits per heavy atom. The summed E-state index contributed by atoms with van der Waals surface area (Å²) in [6, 6.07) is 0. The minimum atomic E-state index is -0.586. The van der Waals surface area contributed by atoms with Crippen molar-refractivity contribution in [2.75, 3.05) is 0 Å². The van der Waals surface area contributed by atoms with E-state index in [1.54, 1.807) is 0 Å². The molecule has 1 aliphatic rings. The van der Waals surface area contributed by atoms with Gasteiger partial charge in [0, 0.05) is 0 Å². The number of esters is 1. The van der Waals surface area contributed by atoms with Crippen LogP contribution in [0.25, 0.3) is 0 Å². The molecular formula is C10H11ClN2O3. The van der Waals surface area contributed by atoms with Crippen molar-refractivity contribution in [3.8, 4) is 0 Å². The van der Waals surface area contributed by atoms with Crippen molar-refractivity contribution in [2.45, 2.75) is 31.8 Å². The largest absolute Gasteiger partial charge is 0.458 e. The van der Waals surface area contributed by atoms with Gasteiger partial charge in [-0.15, -0.1) is 0 Å². The summed E-state index contributed by atoms with van der Waals surface area (Å²) in [6.45, 7) is 0. The molecule has 0 radical (unpaired) electrons. The number of halogens is 1. The van der Waals surface area contributed by atoms with Crippen LogP contribution in [-0.4, -0.2) is 28.3 Å². The Balaban J connectivity index is 2.10. The first-order valence-corrected chi connectivity index (χ1v) is 5.50. The van der Waals surface area contributed by atoms with E-state index in [-0.39, 0.29) is 22.8 Å². The van der Waals surface area contributed by atoms with Gasteiger partial charge in [0.1, 0.15) is 11.8 Å². The van der Waals surface area contributed by atoms with Crippen LogP contribution in [0, 0.1) is 0 Å². The second-order valence-corrected chi connectivity index (χ2v) is 4.08. The van der Waals surface area contributed by atoms with Crippen LogP contribution in [0.5, 0.6) is 0 Å². The molecule has 1 aromatic heterocycles. The van der Waals surface area contributed by atoms with Crippen LogP contribution < -0.4 is 0 Å². The lowest BCUT2D eigenvalue weighted by molar-refractivity contribution is 0.0310. The molecule has 16 heavy (non-hydrogen) atoms. The summed E-state index contributed by atoms with van der Waals surface area (Å²) in [7, 11) is 0. The van der Waals surface area contributed by atoms with E-state index >= 15 is 0 Å². The van der Waals surface area contributed by atoms with Crippen molar-refractivity contribution in [3.63, 3.8) is 0 Å². The normalized spacial score (nSPS) is 16.3. The van der Waals surface area contributed by atoms with E-state index < -0.39 is 5.97 Å². The number of aldehydes is 1. The van der Waals surface area contributed by atoms with Crippen molar-refractivity contribution >= 4 is 23.9 Å². The fraction of sp³-hybridized carbons (Fsp3) is 0.500. The second-order valence-electron chi connectivity index (χ2n) is 3.72. The highest BCUT2D eigenvalue weighted by Crippen LogP contribution is 2.22. The number of carbonyl (C=O) groups excluding carboxylic acids is 2. The van der Waals surface area contributed by atoms with Gasteiger partial charge in [-0.25, -0.2) is 9.78 Å². The predicted octanol–water partition coefficient (Wildman–Crippen LogP) is 1.97. The van der Waals surface area contributed by atoms with Crippen LogP contribution in [0.3, 0.4) is 0 Å². The van der Waals surface area contributed by atoms with Gasteiger partial charge >= 0.3 is 5.97 Å². The molecule has 1 fully saturated rings. The summed E-state index contributed by atoms with van der Waals surface area (Å²) in [6.07, 6.45) is 4.34. The van der Waals surface area contributed by atoms with Crippen molar-refractivity contribution < 1.29 is 14.3 Å². The number of nitrogens with one attached hydrogen (secondary N) is 1. The molecule has 5 nitrogen and oxygen atoms in total. The second kappa shape index (κ2) is 4.65. The maximum atomic E-state index is 11.7. The standard InChI is InChI=1S/C10H11ClN2O3/c11-10-12-7(5-14)8(13-10)9(15)16-6-3-1-2-4-6/h5-6H,1-4H2,(H,12,13). The quantitative estimate of drug-likeness (QED) is 0.650. The third-order valence-corrected chi connectivity index (χ3v) is 2.77. The molecule has 1 aliphatic carbocycles. The van der Waals surface area contributed by atoms with Crippen LogP contribution in [0.4, 0.5) is 0 Å². The average Bonchev–Trinajstić information content (AvgIpc) is 2.86. The van der Waals surface area contributed by atoms with E-state index in [0.717, 1.165) is 25.7 Å². The van der Waals surface area contributed by atoms with Gasteiger partial charge in [0.15, 0.2) is 12.0 Å². The number of aromatic nitrogens is 2. The number of hydrogen-bond acceptors (Lipinski definition) is 4. The molecule has 0 aromatic carbocycles. The first-order chi connectivity index (χ1) is 7.70. The molecule has 0 saturated heterocycles. The number of hydrogen-bond donors (Lipinski definition) is 1. The minimum Gasteiger partial charge on any atom is -0.458 e. The summed E-state index contributed by atoms with van der Waals surface area (Å²) in [5, 5.41) is 0.0143. The van der Waals surface area contributed by atoms with Crippen LogP contribution >= 0.6 is 11.6 Å². The Morgan fingerprint density at radius 1 is 1.50 bits per heavy atom. The van der Waals surface area contributed by atoms with E-state index in [1.807, 2.05) is 0 Å². The Labute approximate surface area is 97.1 Å². The smallest absolute Gasteiger partial charge is 0.359 e. The Kier molecular flexibility index (Phi) is 3.24. The van der Waals surface area contributed by atoms with Crippen LogP contribution in [0.15, 0.2) is 0 Å². The van der Waals surface area contributed by atoms with Crippen molar-refractivity contribution in [3.05, 3.63) is 16.7 Å². The highest BCUT2D eigenvalue weighted by Gasteiger charge is 2.24. The van der Waals surface area contributed by atoms with E-state index in [4.69, 9.17) is 16.3 Å². The van der Waals surface area contributed by atoms with E-state index in [1.165, 1.54) is 0 Å². The summed E-state index contributed by atoms with van der Waals surface area (Å²) in [5.41, 5.74) is 0.0277. The minimum absolute atomic E-state index is 0.0143. The molecule has 0 atom stereocenters. The zero-order chi connectivity index (χ0) is 11.5. The fourth-order valence-corrected chi connectivity index (χ4v) is 2.00. The third kappa shape index (κ3) is 2.24. The summed E-state index contributed by atoms with van der Waals surface area (Å²) in [5.74, 6) is -0.586. The van der Waals surface area contributed by atoms with Gasteiger partial charge < -0.3 is 9.72 Å². The topological polar surface area (TPSA) is 72.0 Å². The van der Waals surface area contributed by atoms with Gasteiger partial charge in [-0.1, -0.05) is 0 Å².